The van der Waals surface area contributed by atoms with E-state index in [2.05, 4.69) is 71.8 Å². The lowest BCUT2D eigenvalue weighted by atomic mass is 10.1. The average Bonchev–Trinajstić information content (AvgIpc) is 3.59. The van der Waals surface area contributed by atoms with Gasteiger partial charge in [0.25, 0.3) is 0 Å². The van der Waals surface area contributed by atoms with Crippen LogP contribution in [0.15, 0.2) is 97.3 Å². The minimum absolute atomic E-state index is 0.340. The monoisotopic (exact) mass is 590 g/mol. The first kappa shape index (κ1) is 26.9. The zero-order chi connectivity index (χ0) is 30.3. The third-order valence-corrected chi connectivity index (χ3v) is 8.80. The topological polar surface area (TPSA) is 126 Å². The highest BCUT2D eigenvalue weighted by atomic mass is 15.4. The summed E-state index contributed by atoms with van der Waals surface area (Å²) < 4.78 is 2.08. The average molecular weight is 591 g/mol. The van der Waals surface area contributed by atoms with Crippen LogP contribution in [0.4, 0.5) is 11.8 Å². The van der Waals surface area contributed by atoms with Gasteiger partial charge in [0.15, 0.2) is 11.5 Å². The predicted molar refractivity (Wildman–Crippen MR) is 173 cm³/mol. The number of imidazole rings is 1. The molecule has 2 unspecified atom stereocenters. The number of nitriles is 1. The zero-order valence-electron chi connectivity index (χ0n) is 24.5. The third kappa shape index (κ3) is 4.93. The van der Waals surface area contributed by atoms with E-state index < -0.39 is 0 Å². The van der Waals surface area contributed by atoms with E-state index in [9.17, 15) is 5.26 Å². The van der Waals surface area contributed by atoms with Crippen molar-refractivity contribution in [3.63, 3.8) is 0 Å². The highest BCUT2D eigenvalue weighted by molar-refractivity contribution is 5.84. The minimum atomic E-state index is 0.340. The second kappa shape index (κ2) is 11.1. The van der Waals surface area contributed by atoms with Crippen molar-refractivity contribution in [3.8, 4) is 34.4 Å². The molecule has 2 aliphatic heterocycles. The lowest BCUT2D eigenvalue weighted by molar-refractivity contribution is 0.210. The number of benzene rings is 2. The molecule has 0 aliphatic carbocycles. The molecule has 0 spiro atoms. The second-order valence-electron chi connectivity index (χ2n) is 11.6. The standard InChI is InChI=1S/C35H30N10/c36-19-25-16-18-39-35(40-25)44-27-12-13-28(44)22-43(21-27)20-23-8-10-26(11-9-23)45-33(29-7-4-17-38-32(29)37)42-31-15-14-30(41-34(31)45)24-5-2-1-3-6-24/h1-11,14-18,27-28H,12-13,20-22H2,(H2,37,38). The molecule has 2 aliphatic rings. The number of nitrogens with two attached hydrogens (primary N) is 1. The predicted octanol–water partition coefficient (Wildman–Crippen LogP) is 5.25. The molecular formula is C35H30N10. The molecule has 2 fully saturated rings. The van der Waals surface area contributed by atoms with E-state index in [1.807, 2.05) is 42.5 Å². The molecule has 2 N–H and O–H groups in total. The van der Waals surface area contributed by atoms with Crippen LogP contribution in [0.25, 0.3) is 39.5 Å². The molecule has 10 heteroatoms. The van der Waals surface area contributed by atoms with Crippen LogP contribution in [0.1, 0.15) is 24.1 Å². The first-order valence-electron chi connectivity index (χ1n) is 15.1. The van der Waals surface area contributed by atoms with Crippen LogP contribution < -0.4 is 10.6 Å². The van der Waals surface area contributed by atoms with Gasteiger partial charge < -0.3 is 10.6 Å². The Morgan fingerprint density at radius 3 is 2.36 bits per heavy atom. The quantitative estimate of drug-likeness (QED) is 0.277. The molecule has 2 atom stereocenters. The molecule has 2 saturated heterocycles. The molecule has 6 heterocycles. The van der Waals surface area contributed by atoms with E-state index in [0.717, 1.165) is 66.1 Å². The summed E-state index contributed by atoms with van der Waals surface area (Å²) in [7, 11) is 0. The molecule has 6 aromatic rings. The van der Waals surface area contributed by atoms with Gasteiger partial charge in [-0.2, -0.15) is 5.26 Å². The zero-order valence-corrected chi connectivity index (χ0v) is 24.5. The van der Waals surface area contributed by atoms with Crippen molar-refractivity contribution in [1.29, 1.82) is 5.26 Å². The molecule has 4 aromatic heterocycles. The number of aromatic nitrogens is 6. The Labute approximate surface area is 260 Å². The molecule has 0 saturated carbocycles. The van der Waals surface area contributed by atoms with E-state index >= 15 is 0 Å². The van der Waals surface area contributed by atoms with E-state index in [4.69, 9.17) is 15.7 Å². The second-order valence-corrected chi connectivity index (χ2v) is 11.6. The first-order valence-corrected chi connectivity index (χ1v) is 15.1. The Balaban J connectivity index is 1.09. The van der Waals surface area contributed by atoms with Crippen LogP contribution in [0.2, 0.25) is 0 Å². The smallest absolute Gasteiger partial charge is 0.227 e. The van der Waals surface area contributed by atoms with E-state index in [1.54, 1.807) is 18.5 Å². The molecular weight excluding hydrogens is 560 g/mol. The van der Waals surface area contributed by atoms with Gasteiger partial charge in [-0.3, -0.25) is 9.47 Å². The number of hydrogen-bond acceptors (Lipinski definition) is 9. The Hall–Kier alpha value is -5.66. The number of nitrogens with zero attached hydrogens (tertiary/aromatic N) is 9. The summed E-state index contributed by atoms with van der Waals surface area (Å²) in [5, 5.41) is 9.31. The van der Waals surface area contributed by atoms with Gasteiger partial charge in [-0.25, -0.2) is 24.9 Å². The van der Waals surface area contributed by atoms with Gasteiger partial charge in [0, 0.05) is 55.4 Å². The van der Waals surface area contributed by atoms with Crippen molar-refractivity contribution >= 4 is 22.9 Å². The number of pyridine rings is 2. The number of hydrogen-bond donors (Lipinski definition) is 1. The van der Waals surface area contributed by atoms with Crippen LogP contribution >= 0.6 is 0 Å². The van der Waals surface area contributed by atoms with Crippen molar-refractivity contribution in [1.82, 2.24) is 34.4 Å². The molecule has 0 amide bonds. The van der Waals surface area contributed by atoms with Crippen molar-refractivity contribution in [2.24, 2.45) is 0 Å². The van der Waals surface area contributed by atoms with Crippen molar-refractivity contribution in [2.45, 2.75) is 31.5 Å². The number of piperazine rings is 1. The normalized spacial score (nSPS) is 17.9. The van der Waals surface area contributed by atoms with E-state index in [1.165, 1.54) is 5.56 Å². The van der Waals surface area contributed by atoms with Gasteiger partial charge in [0.1, 0.15) is 23.1 Å². The Morgan fingerprint density at radius 2 is 1.60 bits per heavy atom. The van der Waals surface area contributed by atoms with Gasteiger partial charge in [0.2, 0.25) is 5.95 Å². The number of fused-ring (bicyclic) bond motifs is 3. The van der Waals surface area contributed by atoms with Gasteiger partial charge in [-0.05, 0) is 60.9 Å². The SMILES string of the molecule is N#Cc1ccnc(N2C3CCC2CN(Cc2ccc(-n4c(-c5cccnc5N)nc5ccc(-c6ccccc6)nc54)cc2)C3)n1. The highest BCUT2D eigenvalue weighted by Gasteiger charge is 2.41. The summed E-state index contributed by atoms with van der Waals surface area (Å²) in [6.07, 6.45) is 5.58. The fourth-order valence-corrected chi connectivity index (χ4v) is 6.75. The molecule has 8 rings (SSSR count). The molecule has 2 aromatic carbocycles. The van der Waals surface area contributed by atoms with Gasteiger partial charge in [0.05, 0.1) is 11.3 Å². The maximum Gasteiger partial charge on any atom is 0.227 e. The number of nitrogen functional groups attached to an aromatic ring is 1. The summed E-state index contributed by atoms with van der Waals surface area (Å²) >= 11 is 0. The van der Waals surface area contributed by atoms with Crippen LogP contribution in [0.3, 0.4) is 0 Å². The Bertz CT molecular complexity index is 2030. The summed E-state index contributed by atoms with van der Waals surface area (Å²) in [5.41, 5.74) is 13.2. The molecule has 0 radical (unpaired) electrons. The minimum Gasteiger partial charge on any atom is -0.383 e. The van der Waals surface area contributed by atoms with Crippen molar-refractivity contribution in [2.75, 3.05) is 23.7 Å². The number of rotatable bonds is 6. The van der Waals surface area contributed by atoms with Crippen LogP contribution in [-0.4, -0.2) is 59.6 Å². The van der Waals surface area contributed by atoms with E-state index in [0.29, 0.717) is 35.4 Å². The van der Waals surface area contributed by atoms with Crippen molar-refractivity contribution < 1.29 is 0 Å². The Kier molecular flexibility index (Phi) is 6.65. The fourth-order valence-electron chi connectivity index (χ4n) is 6.75. The highest BCUT2D eigenvalue weighted by Crippen LogP contribution is 2.35. The summed E-state index contributed by atoms with van der Waals surface area (Å²) in [5.74, 6) is 1.80. The molecule has 220 valence electrons. The van der Waals surface area contributed by atoms with Gasteiger partial charge in [-0.1, -0.05) is 42.5 Å². The summed E-state index contributed by atoms with van der Waals surface area (Å²) in [6.45, 7) is 2.71. The Morgan fingerprint density at radius 1 is 0.800 bits per heavy atom. The molecule has 2 bridgehead atoms. The maximum absolute atomic E-state index is 9.31. The first-order chi connectivity index (χ1) is 22.1. The number of anilines is 2. The van der Waals surface area contributed by atoms with Crippen LogP contribution in [0, 0.1) is 11.3 Å². The lowest BCUT2D eigenvalue weighted by Gasteiger charge is -2.41. The van der Waals surface area contributed by atoms with Crippen LogP contribution in [-0.2, 0) is 6.54 Å². The van der Waals surface area contributed by atoms with Gasteiger partial charge in [-0.15, -0.1) is 0 Å². The largest absolute Gasteiger partial charge is 0.383 e. The lowest BCUT2D eigenvalue weighted by Crippen LogP contribution is -2.54. The summed E-state index contributed by atoms with van der Waals surface area (Å²) in [4.78, 5) is 28.2. The fraction of sp³-hybridized carbons (Fsp3) is 0.200. The van der Waals surface area contributed by atoms with Crippen LogP contribution in [0.5, 0.6) is 0 Å². The maximum atomic E-state index is 9.31. The van der Waals surface area contributed by atoms with Crippen molar-refractivity contribution in [3.05, 3.63) is 109 Å². The molecule has 45 heavy (non-hydrogen) atoms. The number of likely N-dealkylation sites (tertiary alicyclic amines) is 1. The molecule has 10 nitrogen and oxygen atoms in total. The van der Waals surface area contributed by atoms with E-state index in [-0.39, 0.29) is 0 Å². The van der Waals surface area contributed by atoms with Gasteiger partial charge >= 0.3 is 0 Å². The third-order valence-electron chi connectivity index (χ3n) is 8.80. The summed E-state index contributed by atoms with van der Waals surface area (Å²) in [6, 6.07) is 31.1.